The van der Waals surface area contributed by atoms with Crippen LogP contribution in [0.5, 0.6) is 0 Å². The van der Waals surface area contributed by atoms with Gasteiger partial charge in [-0.1, -0.05) is 0 Å². The maximum absolute atomic E-state index is 14.0. The third kappa shape index (κ3) is 2.66. The van der Waals surface area contributed by atoms with E-state index in [1.807, 2.05) is 0 Å². The molecule has 19 heavy (non-hydrogen) atoms. The van der Waals surface area contributed by atoms with Crippen molar-refractivity contribution < 1.29 is 17.6 Å². The first-order chi connectivity index (χ1) is 8.62. The maximum atomic E-state index is 14.0. The van der Waals surface area contributed by atoms with Crippen LogP contribution in [0.4, 0.5) is 17.6 Å². The Hall–Kier alpha value is -0.960. The summed E-state index contributed by atoms with van der Waals surface area (Å²) >= 11 is 2.78. The van der Waals surface area contributed by atoms with Gasteiger partial charge in [-0.3, -0.25) is 9.98 Å². The number of hydrogen-bond donors (Lipinski definition) is 1. The molecule has 0 bridgehead atoms. The van der Waals surface area contributed by atoms with Crippen LogP contribution in [0.25, 0.3) is 0 Å². The highest BCUT2D eigenvalue weighted by Crippen LogP contribution is 2.48. The predicted octanol–water partition coefficient (Wildman–Crippen LogP) is 2.56. The summed E-state index contributed by atoms with van der Waals surface area (Å²) in [5.74, 6) is -2.10. The van der Waals surface area contributed by atoms with Gasteiger partial charge in [-0.05, 0) is 36.5 Å². The number of alkyl halides is 3. The highest BCUT2D eigenvalue weighted by atomic mass is 79.9. The highest BCUT2D eigenvalue weighted by Gasteiger charge is 2.67. The van der Waals surface area contributed by atoms with E-state index in [1.165, 1.54) is 13.8 Å². The van der Waals surface area contributed by atoms with Crippen molar-refractivity contribution in [3.05, 3.63) is 10.4 Å². The Labute approximate surface area is 116 Å². The summed E-state index contributed by atoms with van der Waals surface area (Å²) in [5.41, 5.74) is 3.93. The second kappa shape index (κ2) is 5.20. The van der Waals surface area contributed by atoms with Gasteiger partial charge in [0.2, 0.25) is 5.84 Å². The van der Waals surface area contributed by atoms with E-state index in [0.29, 0.717) is 4.90 Å². The molecule has 1 heterocycles. The lowest BCUT2D eigenvalue weighted by atomic mass is 10.1. The maximum Gasteiger partial charge on any atom is 0.449 e. The van der Waals surface area contributed by atoms with Crippen LogP contribution in [0.1, 0.15) is 13.8 Å². The first-order valence-electron chi connectivity index (χ1n) is 5.31. The smallest absolute Gasteiger partial charge is 0.319 e. The van der Waals surface area contributed by atoms with Crippen molar-refractivity contribution in [3.63, 3.8) is 0 Å². The van der Waals surface area contributed by atoms with E-state index in [-0.39, 0.29) is 11.2 Å². The molecule has 1 saturated heterocycles. The normalized spacial score (nSPS) is 29.2. The first-order valence-corrected chi connectivity index (χ1v) is 6.10. The van der Waals surface area contributed by atoms with E-state index in [9.17, 15) is 17.6 Å². The second-order valence-electron chi connectivity index (χ2n) is 4.02. The van der Waals surface area contributed by atoms with Gasteiger partial charge in [0, 0.05) is 6.54 Å². The van der Waals surface area contributed by atoms with Crippen LogP contribution in [0.2, 0.25) is 0 Å². The van der Waals surface area contributed by atoms with Crippen LogP contribution >= 0.6 is 15.9 Å². The molecule has 1 unspecified atom stereocenters. The number of nitrogens with zero attached hydrogens (tertiary/aromatic N) is 3. The summed E-state index contributed by atoms with van der Waals surface area (Å²) in [6, 6.07) is 0. The van der Waals surface area contributed by atoms with Crippen LogP contribution in [0.3, 0.4) is 0 Å². The van der Waals surface area contributed by atoms with Crippen molar-refractivity contribution in [1.29, 1.82) is 0 Å². The molecule has 1 rings (SSSR count). The van der Waals surface area contributed by atoms with E-state index in [1.54, 1.807) is 0 Å². The van der Waals surface area contributed by atoms with Crippen LogP contribution in [0, 0.1) is 0 Å². The average molecular weight is 345 g/mol. The fourth-order valence-corrected chi connectivity index (χ4v) is 2.13. The fourth-order valence-electron chi connectivity index (χ4n) is 1.73. The minimum absolute atomic E-state index is 0.0830. The van der Waals surface area contributed by atoms with E-state index >= 15 is 0 Å². The summed E-state index contributed by atoms with van der Waals surface area (Å²) in [5, 5.41) is 0. The number of halogens is 5. The number of amidine groups is 1. The Bertz CT molecular complexity index is 445. The Morgan fingerprint density at radius 2 is 2.05 bits per heavy atom. The topological polar surface area (TPSA) is 53.7 Å². The van der Waals surface area contributed by atoms with E-state index in [2.05, 4.69) is 32.6 Å². The van der Waals surface area contributed by atoms with Crippen LogP contribution in [-0.4, -0.2) is 41.9 Å². The summed E-state index contributed by atoms with van der Waals surface area (Å²) in [7, 11) is 0. The molecule has 4 nitrogen and oxygen atoms in total. The van der Waals surface area contributed by atoms with Crippen molar-refractivity contribution in [3.8, 4) is 0 Å². The predicted molar refractivity (Wildman–Crippen MR) is 68.9 cm³/mol. The lowest BCUT2D eigenvalue weighted by molar-refractivity contribution is -0.0661. The zero-order valence-corrected chi connectivity index (χ0v) is 11.9. The lowest BCUT2D eigenvalue weighted by Crippen LogP contribution is -2.35. The third-order valence-corrected chi connectivity index (χ3v) is 3.44. The molecule has 0 amide bonds. The second-order valence-corrected chi connectivity index (χ2v) is 4.77. The molecule has 0 aromatic carbocycles. The van der Waals surface area contributed by atoms with Gasteiger partial charge in [0.1, 0.15) is 16.3 Å². The van der Waals surface area contributed by atoms with Crippen molar-refractivity contribution in [1.82, 2.24) is 4.90 Å². The van der Waals surface area contributed by atoms with Gasteiger partial charge in [-0.2, -0.15) is 13.2 Å². The molecule has 0 aromatic heterocycles. The number of nitrogens with two attached hydrogens (primary N) is 1. The Kier molecular flexibility index (Phi) is 4.40. The molecule has 1 aliphatic rings. The molecule has 1 aliphatic heterocycles. The molecule has 0 aliphatic carbocycles. The van der Waals surface area contributed by atoms with Gasteiger partial charge in [-0.25, -0.2) is 4.39 Å². The highest BCUT2D eigenvalue weighted by molar-refractivity contribution is 9.11. The van der Waals surface area contributed by atoms with Crippen molar-refractivity contribution >= 4 is 28.5 Å². The molecule has 0 saturated carbocycles. The first kappa shape index (κ1) is 16.1. The Morgan fingerprint density at radius 3 is 2.42 bits per heavy atom. The largest absolute Gasteiger partial charge is 0.449 e. The van der Waals surface area contributed by atoms with Gasteiger partial charge < -0.3 is 10.6 Å². The van der Waals surface area contributed by atoms with Crippen molar-refractivity contribution in [2.45, 2.75) is 31.7 Å². The minimum atomic E-state index is -4.69. The fraction of sp³-hybridized carbons (Fsp3) is 0.600. The van der Waals surface area contributed by atoms with Gasteiger partial charge in [-0.15, -0.1) is 0 Å². The standard InChI is InChI=1S/C10H13BrF4N4/c1-4-18-8(10(13,14)15)19-7(16)9(19,2)5(12)6(11)17-3/h7H,3-4,16H2,1-2H3/b6-5+,18-8?/t7?,9-,19?/m0/s1. The third-order valence-electron chi connectivity index (χ3n) is 2.84. The van der Waals surface area contributed by atoms with E-state index in [4.69, 9.17) is 5.73 Å². The van der Waals surface area contributed by atoms with Crippen molar-refractivity contribution in [2.24, 2.45) is 15.7 Å². The monoisotopic (exact) mass is 344 g/mol. The minimum Gasteiger partial charge on any atom is -0.319 e. The van der Waals surface area contributed by atoms with Crippen molar-refractivity contribution in [2.75, 3.05) is 6.54 Å². The molecular formula is C10H13BrF4N4. The summed E-state index contributed by atoms with van der Waals surface area (Å²) in [6.45, 7) is 5.71. The molecule has 2 atom stereocenters. The molecule has 9 heteroatoms. The zero-order valence-electron chi connectivity index (χ0n) is 10.3. The van der Waals surface area contributed by atoms with Crippen LogP contribution < -0.4 is 5.73 Å². The molecule has 0 radical (unpaired) electrons. The quantitative estimate of drug-likeness (QED) is 0.281. The molecule has 0 spiro atoms. The number of rotatable bonds is 3. The summed E-state index contributed by atoms with van der Waals surface area (Å²) < 4.78 is 52.3. The van der Waals surface area contributed by atoms with E-state index in [0.717, 1.165) is 0 Å². The summed E-state index contributed by atoms with van der Waals surface area (Å²) in [6.07, 6.45) is -5.85. The average Bonchev–Trinajstić information content (AvgIpc) is 2.86. The Balaban J connectivity index is 3.19. The van der Waals surface area contributed by atoms with Gasteiger partial charge in [0.25, 0.3) is 0 Å². The zero-order chi connectivity index (χ0) is 15.0. The molecule has 108 valence electrons. The Morgan fingerprint density at radius 1 is 1.53 bits per heavy atom. The molecular weight excluding hydrogens is 332 g/mol. The van der Waals surface area contributed by atoms with Gasteiger partial charge in [0.05, 0.1) is 0 Å². The molecule has 0 aromatic rings. The SMILES string of the molecule is C=N/C(Br)=C(/F)[C@@]1(C)C(N)N1C(=NCC)C(F)(F)F. The van der Waals surface area contributed by atoms with Crippen LogP contribution in [-0.2, 0) is 0 Å². The number of aliphatic imine (C=N–C) groups is 2. The van der Waals surface area contributed by atoms with E-state index < -0.39 is 29.5 Å². The molecule has 1 fully saturated rings. The van der Waals surface area contributed by atoms with Gasteiger partial charge in [0.15, 0.2) is 5.83 Å². The number of hydrogen-bond acceptors (Lipinski definition) is 3. The van der Waals surface area contributed by atoms with Crippen LogP contribution in [0.15, 0.2) is 20.4 Å². The molecule has 2 N–H and O–H groups in total. The lowest BCUT2D eigenvalue weighted by Gasteiger charge is -2.16. The summed E-state index contributed by atoms with van der Waals surface area (Å²) in [4.78, 5) is 7.34. The van der Waals surface area contributed by atoms with Gasteiger partial charge >= 0.3 is 6.18 Å².